The summed E-state index contributed by atoms with van der Waals surface area (Å²) in [5.74, 6) is -0.0127. The molecule has 1 unspecified atom stereocenters. The van der Waals surface area contributed by atoms with Crippen LogP contribution in [0.1, 0.15) is 50.7 Å². The van der Waals surface area contributed by atoms with Crippen molar-refractivity contribution in [3.8, 4) is 11.5 Å². The highest BCUT2D eigenvalue weighted by atomic mass is 19.3. The second-order valence-electron chi connectivity index (χ2n) is 7.97. The molecule has 0 bridgehead atoms. The van der Waals surface area contributed by atoms with Crippen molar-refractivity contribution >= 4 is 17.3 Å². The fourth-order valence-corrected chi connectivity index (χ4v) is 3.77. The fourth-order valence-electron chi connectivity index (χ4n) is 3.77. The summed E-state index contributed by atoms with van der Waals surface area (Å²) in [5, 5.41) is 9.47. The van der Waals surface area contributed by atoms with Crippen LogP contribution in [0.4, 0.5) is 14.5 Å². The molecular formula is C25H31F2N3O3. The van der Waals surface area contributed by atoms with Crippen molar-refractivity contribution < 1.29 is 23.0 Å². The topological polar surface area (TPSA) is 63.2 Å². The van der Waals surface area contributed by atoms with Crippen LogP contribution < -0.4 is 14.8 Å². The Morgan fingerprint density at radius 2 is 1.91 bits per heavy atom. The Balaban J connectivity index is 1.83. The van der Waals surface area contributed by atoms with Gasteiger partial charge in [0.05, 0.1) is 19.4 Å². The molecule has 1 heterocycles. The highest BCUT2D eigenvalue weighted by Crippen LogP contribution is 2.33. The monoisotopic (exact) mass is 459 g/mol. The Labute approximate surface area is 193 Å². The summed E-state index contributed by atoms with van der Waals surface area (Å²) < 4.78 is 35.5. The number of hydrazone groups is 1. The first-order valence-electron chi connectivity index (χ1n) is 11.3. The summed E-state index contributed by atoms with van der Waals surface area (Å²) in [5.41, 5.74) is 3.30. The minimum absolute atomic E-state index is 0.0582. The Morgan fingerprint density at radius 3 is 2.55 bits per heavy atom. The predicted octanol–water partition coefficient (Wildman–Crippen LogP) is 5.67. The molecule has 0 spiro atoms. The van der Waals surface area contributed by atoms with E-state index in [1.165, 1.54) is 18.2 Å². The Hall–Kier alpha value is -3.16. The van der Waals surface area contributed by atoms with Gasteiger partial charge in [0.2, 0.25) is 5.91 Å². The smallest absolute Gasteiger partial charge is 0.387 e. The number of benzene rings is 2. The van der Waals surface area contributed by atoms with Crippen LogP contribution in [-0.2, 0) is 11.3 Å². The molecule has 1 aliphatic heterocycles. The van der Waals surface area contributed by atoms with Crippen LogP contribution in [0.2, 0.25) is 0 Å². The lowest BCUT2D eigenvalue weighted by atomic mass is 9.89. The lowest BCUT2D eigenvalue weighted by molar-refractivity contribution is -0.133. The normalized spacial score (nSPS) is 16.1. The summed E-state index contributed by atoms with van der Waals surface area (Å²) in [6.07, 6.45) is 3.25. The van der Waals surface area contributed by atoms with Gasteiger partial charge < -0.3 is 14.8 Å². The average molecular weight is 460 g/mol. The largest absolute Gasteiger partial charge is 0.493 e. The number of alkyl halides is 2. The zero-order valence-electron chi connectivity index (χ0n) is 19.3. The van der Waals surface area contributed by atoms with Gasteiger partial charge in [-0.05, 0) is 48.7 Å². The Bertz CT molecular complexity index is 964. The van der Waals surface area contributed by atoms with Crippen LogP contribution in [0.15, 0.2) is 47.6 Å². The van der Waals surface area contributed by atoms with Gasteiger partial charge in [0.15, 0.2) is 11.5 Å². The van der Waals surface area contributed by atoms with E-state index in [2.05, 4.69) is 22.1 Å². The molecule has 3 rings (SSSR count). The van der Waals surface area contributed by atoms with E-state index in [0.29, 0.717) is 30.7 Å². The molecule has 1 N–H and O–H groups in total. The molecule has 33 heavy (non-hydrogen) atoms. The number of rotatable bonds is 11. The molecule has 0 aliphatic carbocycles. The van der Waals surface area contributed by atoms with Gasteiger partial charge >= 0.3 is 6.61 Å². The van der Waals surface area contributed by atoms with E-state index < -0.39 is 6.61 Å². The number of unbranched alkanes of at least 4 members (excludes halogenated alkanes) is 1. The van der Waals surface area contributed by atoms with Gasteiger partial charge in [-0.15, -0.1) is 0 Å². The number of hydrogen-bond donors (Lipinski definition) is 1. The van der Waals surface area contributed by atoms with E-state index in [0.717, 1.165) is 30.6 Å². The first-order valence-corrected chi connectivity index (χ1v) is 11.3. The maximum absolute atomic E-state index is 12.9. The van der Waals surface area contributed by atoms with E-state index in [4.69, 9.17) is 4.74 Å². The molecule has 1 amide bonds. The minimum atomic E-state index is -2.97. The molecule has 0 saturated heterocycles. The summed E-state index contributed by atoms with van der Waals surface area (Å²) >= 11 is 0. The molecular weight excluding hydrogens is 428 g/mol. The zero-order chi connectivity index (χ0) is 23.8. The summed E-state index contributed by atoms with van der Waals surface area (Å²) in [6.45, 7) is 2.42. The van der Waals surface area contributed by atoms with Crippen LogP contribution in [0.3, 0.4) is 0 Å². The van der Waals surface area contributed by atoms with Crippen molar-refractivity contribution in [2.45, 2.75) is 52.7 Å². The predicted molar refractivity (Wildman–Crippen MR) is 125 cm³/mol. The molecule has 1 aliphatic rings. The van der Waals surface area contributed by atoms with Crippen molar-refractivity contribution in [3.63, 3.8) is 0 Å². The Morgan fingerprint density at radius 1 is 1.15 bits per heavy atom. The second kappa shape index (κ2) is 11.6. The molecule has 0 saturated carbocycles. The first-order chi connectivity index (χ1) is 15.9. The summed E-state index contributed by atoms with van der Waals surface area (Å²) in [6, 6.07) is 12.8. The van der Waals surface area contributed by atoms with Crippen LogP contribution >= 0.6 is 0 Å². The number of nitrogens with zero attached hydrogens (tertiary/aromatic N) is 2. The number of anilines is 1. The van der Waals surface area contributed by atoms with Crippen molar-refractivity contribution in [2.24, 2.45) is 11.0 Å². The molecule has 6 nitrogen and oxygen atoms in total. The van der Waals surface area contributed by atoms with Crippen molar-refractivity contribution in [2.75, 3.05) is 19.0 Å². The molecule has 1 atom stereocenters. The lowest BCUT2D eigenvalue weighted by Crippen LogP contribution is -2.36. The van der Waals surface area contributed by atoms with Gasteiger partial charge in [-0.25, -0.2) is 5.01 Å². The number of amides is 1. The number of hydrogen-bond acceptors (Lipinski definition) is 5. The molecule has 0 radical (unpaired) electrons. The summed E-state index contributed by atoms with van der Waals surface area (Å²) in [4.78, 5) is 12.8. The zero-order valence-corrected chi connectivity index (χ0v) is 19.3. The molecule has 2 aromatic rings. The maximum Gasteiger partial charge on any atom is 0.387 e. The maximum atomic E-state index is 12.9. The number of methoxy groups -OCH3 is 1. The van der Waals surface area contributed by atoms with Crippen molar-refractivity contribution in [1.29, 1.82) is 0 Å². The van der Waals surface area contributed by atoms with Gasteiger partial charge in [-0.1, -0.05) is 32.4 Å². The highest BCUT2D eigenvalue weighted by Gasteiger charge is 2.30. The highest BCUT2D eigenvalue weighted by molar-refractivity contribution is 6.06. The minimum Gasteiger partial charge on any atom is -0.493 e. The standard InChI is InChI=1S/C25H31F2N3O3/c1-4-6-13-28-20-10-7-17(8-11-20)16-30-23(31)15-18(5-2)24(29-30)19-9-12-21(32-3)22(14-19)33-25(26)27/h7-12,14,18,25,28H,4-6,13,15-16H2,1-3H3. The van der Waals surface area contributed by atoms with E-state index in [-0.39, 0.29) is 23.3 Å². The van der Waals surface area contributed by atoms with Crippen LogP contribution in [0, 0.1) is 5.92 Å². The quantitative estimate of drug-likeness (QED) is 0.440. The van der Waals surface area contributed by atoms with Crippen LogP contribution in [0.5, 0.6) is 11.5 Å². The molecule has 0 fully saturated rings. The number of halogens is 2. The number of carbonyl (C=O) groups excluding carboxylic acids is 1. The Kier molecular flexibility index (Phi) is 8.63. The lowest BCUT2D eigenvalue weighted by Gasteiger charge is -2.29. The van der Waals surface area contributed by atoms with E-state index in [1.54, 1.807) is 12.1 Å². The molecule has 2 aromatic carbocycles. The molecule has 178 valence electrons. The summed E-state index contributed by atoms with van der Waals surface area (Å²) in [7, 11) is 1.39. The number of nitrogens with one attached hydrogen (secondary N) is 1. The third kappa shape index (κ3) is 6.43. The van der Waals surface area contributed by atoms with E-state index >= 15 is 0 Å². The van der Waals surface area contributed by atoms with Crippen LogP contribution in [0.25, 0.3) is 0 Å². The van der Waals surface area contributed by atoms with Gasteiger partial charge in [0.1, 0.15) is 0 Å². The SMILES string of the molecule is CCCCNc1ccc(CN2N=C(c3ccc(OC)c(OC(F)F)c3)C(CC)CC2=O)cc1. The second-order valence-corrected chi connectivity index (χ2v) is 7.97. The van der Waals surface area contributed by atoms with E-state index in [9.17, 15) is 13.6 Å². The number of ether oxygens (including phenoxy) is 2. The van der Waals surface area contributed by atoms with Crippen LogP contribution in [-0.4, -0.2) is 36.9 Å². The number of carbonyl (C=O) groups is 1. The average Bonchev–Trinajstić information content (AvgIpc) is 2.81. The van der Waals surface area contributed by atoms with Gasteiger partial charge in [0, 0.05) is 30.1 Å². The molecule has 8 heteroatoms. The van der Waals surface area contributed by atoms with Gasteiger partial charge in [-0.2, -0.15) is 13.9 Å². The van der Waals surface area contributed by atoms with Gasteiger partial charge in [-0.3, -0.25) is 4.79 Å². The van der Waals surface area contributed by atoms with Crippen molar-refractivity contribution in [3.05, 3.63) is 53.6 Å². The van der Waals surface area contributed by atoms with Crippen molar-refractivity contribution in [1.82, 2.24) is 5.01 Å². The first kappa shape index (κ1) is 24.5. The third-order valence-corrected chi connectivity index (χ3v) is 5.64. The van der Waals surface area contributed by atoms with Gasteiger partial charge in [0.25, 0.3) is 0 Å². The fraction of sp³-hybridized carbons (Fsp3) is 0.440. The third-order valence-electron chi connectivity index (χ3n) is 5.64. The molecule has 0 aromatic heterocycles. The van der Waals surface area contributed by atoms with E-state index in [1.807, 2.05) is 31.2 Å².